The molecule has 0 fully saturated rings. The van der Waals surface area contributed by atoms with Gasteiger partial charge in [0, 0.05) is 29.7 Å². The van der Waals surface area contributed by atoms with Gasteiger partial charge in [0.05, 0.1) is 4.92 Å². The van der Waals surface area contributed by atoms with Gasteiger partial charge in [-0.1, -0.05) is 6.07 Å². The molecular weight excluding hydrogens is 278 g/mol. The summed E-state index contributed by atoms with van der Waals surface area (Å²) >= 11 is 1.42. The number of thiophene rings is 1. The molecule has 0 radical (unpaired) electrons. The second-order valence-electron chi connectivity index (χ2n) is 4.16. The normalized spacial score (nSPS) is 11.9. The molecule has 1 unspecified atom stereocenters. The van der Waals surface area contributed by atoms with Crippen molar-refractivity contribution in [3.8, 4) is 0 Å². The van der Waals surface area contributed by atoms with Gasteiger partial charge >= 0.3 is 0 Å². The van der Waals surface area contributed by atoms with Crippen LogP contribution in [0.1, 0.15) is 10.9 Å². The first-order valence-electron chi connectivity index (χ1n) is 5.81. The minimum Gasteiger partial charge on any atom is -0.316 e. The summed E-state index contributed by atoms with van der Waals surface area (Å²) < 4.78 is 0. The van der Waals surface area contributed by atoms with E-state index in [1.807, 2.05) is 11.4 Å². The average Bonchev–Trinajstić information content (AvgIpc) is 2.99. The van der Waals surface area contributed by atoms with Crippen LogP contribution < -0.4 is 10.6 Å². The van der Waals surface area contributed by atoms with E-state index in [4.69, 9.17) is 5.73 Å². The molecule has 6 nitrogen and oxygen atoms in total. The number of rotatable bonds is 4. The highest BCUT2D eigenvalue weighted by atomic mass is 32.1. The number of carbonyl (C=O) groups excluding carboxylic acids is 1. The number of anilines is 1. The molecule has 1 heterocycles. The van der Waals surface area contributed by atoms with E-state index in [-0.39, 0.29) is 11.6 Å². The van der Waals surface area contributed by atoms with Crippen LogP contribution in [-0.4, -0.2) is 17.9 Å². The Bertz CT molecular complexity index is 610. The lowest BCUT2D eigenvalue weighted by Crippen LogP contribution is -2.35. The minimum atomic E-state index is -0.727. The van der Waals surface area contributed by atoms with Crippen LogP contribution in [0.2, 0.25) is 0 Å². The number of nitrogens with zero attached hydrogens (tertiary/aromatic N) is 2. The van der Waals surface area contributed by atoms with Gasteiger partial charge in [-0.2, -0.15) is 0 Å². The van der Waals surface area contributed by atoms with Crippen molar-refractivity contribution in [1.82, 2.24) is 0 Å². The molecule has 7 heteroatoms. The Kier molecular flexibility index (Phi) is 4.11. The summed E-state index contributed by atoms with van der Waals surface area (Å²) in [4.78, 5) is 24.5. The number of benzene rings is 1. The molecule has 0 aliphatic heterocycles. The lowest BCUT2D eigenvalue weighted by atomic mass is 10.2. The van der Waals surface area contributed by atoms with E-state index in [2.05, 4.69) is 0 Å². The molecule has 20 heavy (non-hydrogen) atoms. The molecule has 0 aliphatic rings. The second-order valence-corrected chi connectivity index (χ2v) is 5.14. The van der Waals surface area contributed by atoms with E-state index in [0.29, 0.717) is 5.69 Å². The number of likely N-dealkylation sites (N-methyl/N-ethyl adjacent to an activating group) is 1. The van der Waals surface area contributed by atoms with Crippen molar-refractivity contribution in [2.24, 2.45) is 5.73 Å². The fraction of sp³-hybridized carbons (Fsp3) is 0.154. The predicted molar refractivity (Wildman–Crippen MR) is 77.8 cm³/mol. The first-order valence-corrected chi connectivity index (χ1v) is 6.69. The maximum absolute atomic E-state index is 12.2. The van der Waals surface area contributed by atoms with Gasteiger partial charge in [-0.3, -0.25) is 14.9 Å². The Labute approximate surface area is 119 Å². The van der Waals surface area contributed by atoms with Crippen molar-refractivity contribution in [1.29, 1.82) is 0 Å². The van der Waals surface area contributed by atoms with Crippen molar-refractivity contribution in [3.63, 3.8) is 0 Å². The zero-order valence-electron chi connectivity index (χ0n) is 10.7. The van der Waals surface area contributed by atoms with Gasteiger partial charge in [0.2, 0.25) is 5.91 Å². The van der Waals surface area contributed by atoms with Crippen LogP contribution in [0.3, 0.4) is 0 Å². The summed E-state index contributed by atoms with van der Waals surface area (Å²) in [5, 5.41) is 12.4. The predicted octanol–water partition coefficient (Wildman–Crippen LogP) is 2.32. The summed E-state index contributed by atoms with van der Waals surface area (Å²) in [6.07, 6.45) is 0. The summed E-state index contributed by atoms with van der Waals surface area (Å²) in [6.45, 7) is 0. The van der Waals surface area contributed by atoms with Crippen molar-refractivity contribution < 1.29 is 9.72 Å². The van der Waals surface area contributed by atoms with Crippen molar-refractivity contribution >= 4 is 28.6 Å². The summed E-state index contributed by atoms with van der Waals surface area (Å²) in [7, 11) is 1.59. The largest absolute Gasteiger partial charge is 0.316 e. The third-order valence-corrected chi connectivity index (χ3v) is 3.85. The van der Waals surface area contributed by atoms with Gasteiger partial charge in [-0.05, 0) is 23.6 Å². The van der Waals surface area contributed by atoms with Crippen molar-refractivity contribution in [2.45, 2.75) is 6.04 Å². The van der Waals surface area contributed by atoms with Crippen LogP contribution in [-0.2, 0) is 4.79 Å². The zero-order chi connectivity index (χ0) is 14.7. The Morgan fingerprint density at radius 2 is 2.00 bits per heavy atom. The number of hydrogen-bond acceptors (Lipinski definition) is 5. The summed E-state index contributed by atoms with van der Waals surface area (Å²) in [5.74, 6) is -0.263. The molecule has 0 aliphatic carbocycles. The average molecular weight is 291 g/mol. The number of nitro benzene ring substituents is 1. The first kappa shape index (κ1) is 14.2. The Morgan fingerprint density at radius 3 is 2.50 bits per heavy atom. The molecule has 2 aromatic rings. The highest BCUT2D eigenvalue weighted by molar-refractivity contribution is 7.10. The number of hydrogen-bond donors (Lipinski definition) is 1. The van der Waals surface area contributed by atoms with E-state index < -0.39 is 11.0 Å². The summed E-state index contributed by atoms with van der Waals surface area (Å²) in [6, 6.07) is 8.67. The number of non-ortho nitro benzene ring substituents is 1. The lowest BCUT2D eigenvalue weighted by molar-refractivity contribution is -0.384. The molecule has 1 aromatic heterocycles. The molecule has 2 N–H and O–H groups in total. The van der Waals surface area contributed by atoms with E-state index in [9.17, 15) is 14.9 Å². The SMILES string of the molecule is CN(C(=O)C(N)c1cccs1)c1ccc([N+](=O)[O-])cc1. The first-order chi connectivity index (χ1) is 9.50. The van der Waals surface area contributed by atoms with Crippen molar-refractivity contribution in [2.75, 3.05) is 11.9 Å². The van der Waals surface area contributed by atoms with Crippen LogP contribution in [0.5, 0.6) is 0 Å². The van der Waals surface area contributed by atoms with E-state index in [0.717, 1.165) is 4.88 Å². The third-order valence-electron chi connectivity index (χ3n) is 2.89. The molecule has 1 amide bonds. The topological polar surface area (TPSA) is 89.5 Å². The lowest BCUT2D eigenvalue weighted by Gasteiger charge is -2.20. The van der Waals surface area contributed by atoms with E-state index >= 15 is 0 Å². The quantitative estimate of drug-likeness (QED) is 0.691. The van der Waals surface area contributed by atoms with E-state index in [1.165, 1.54) is 40.5 Å². The van der Waals surface area contributed by atoms with Crippen LogP contribution in [0.15, 0.2) is 41.8 Å². The van der Waals surface area contributed by atoms with Crippen LogP contribution in [0.4, 0.5) is 11.4 Å². The molecule has 0 saturated carbocycles. The van der Waals surface area contributed by atoms with Crippen LogP contribution in [0.25, 0.3) is 0 Å². The molecule has 0 spiro atoms. The third kappa shape index (κ3) is 2.84. The highest BCUT2D eigenvalue weighted by Crippen LogP contribution is 2.23. The van der Waals surface area contributed by atoms with Gasteiger partial charge in [-0.25, -0.2) is 0 Å². The van der Waals surface area contributed by atoms with Gasteiger partial charge in [-0.15, -0.1) is 11.3 Å². The number of carbonyl (C=O) groups is 1. The minimum absolute atomic E-state index is 0.0165. The number of nitrogens with two attached hydrogens (primary N) is 1. The van der Waals surface area contributed by atoms with Crippen LogP contribution >= 0.6 is 11.3 Å². The Hall–Kier alpha value is -2.25. The van der Waals surface area contributed by atoms with Crippen LogP contribution in [0, 0.1) is 10.1 Å². The highest BCUT2D eigenvalue weighted by Gasteiger charge is 2.22. The number of amides is 1. The van der Waals surface area contributed by atoms with Gasteiger partial charge < -0.3 is 10.6 Å². The number of nitro groups is 1. The molecular formula is C13H13N3O3S. The molecule has 1 aromatic carbocycles. The Balaban J connectivity index is 2.16. The zero-order valence-corrected chi connectivity index (χ0v) is 11.5. The Morgan fingerprint density at radius 1 is 1.35 bits per heavy atom. The monoisotopic (exact) mass is 291 g/mol. The maximum atomic E-state index is 12.2. The molecule has 104 valence electrons. The van der Waals surface area contributed by atoms with Gasteiger partial charge in [0.25, 0.3) is 5.69 Å². The summed E-state index contributed by atoms with van der Waals surface area (Å²) in [5.41, 5.74) is 6.46. The fourth-order valence-corrected chi connectivity index (χ4v) is 2.44. The fourth-order valence-electron chi connectivity index (χ4n) is 1.72. The van der Waals surface area contributed by atoms with Crippen molar-refractivity contribution in [3.05, 3.63) is 56.8 Å². The second kappa shape index (κ2) is 5.81. The maximum Gasteiger partial charge on any atom is 0.269 e. The standard InChI is InChI=1S/C13H13N3O3S/c1-15(9-4-6-10(7-5-9)16(18)19)13(17)12(14)11-3-2-8-20-11/h2-8,12H,14H2,1H3. The molecule has 0 saturated heterocycles. The van der Waals surface area contributed by atoms with Gasteiger partial charge in [0.15, 0.2) is 0 Å². The molecule has 0 bridgehead atoms. The molecule has 2 rings (SSSR count). The van der Waals surface area contributed by atoms with E-state index in [1.54, 1.807) is 13.1 Å². The van der Waals surface area contributed by atoms with Gasteiger partial charge in [0.1, 0.15) is 6.04 Å². The smallest absolute Gasteiger partial charge is 0.269 e. The molecule has 1 atom stereocenters.